The van der Waals surface area contributed by atoms with Crippen LogP contribution in [0.2, 0.25) is 5.02 Å². The summed E-state index contributed by atoms with van der Waals surface area (Å²) in [6.07, 6.45) is 0. The molecule has 0 spiro atoms. The second-order valence-electron chi connectivity index (χ2n) is 4.08. The zero-order valence-corrected chi connectivity index (χ0v) is 12.5. The molecule has 0 amide bonds. The smallest absolute Gasteiger partial charge is 0.161 e. The first-order valence-electron chi connectivity index (χ1n) is 5.60. The highest BCUT2D eigenvalue weighted by molar-refractivity contribution is 9.10. The lowest BCUT2D eigenvalue weighted by Crippen LogP contribution is -2.01. The molecule has 0 radical (unpaired) electrons. The Kier molecular flexibility index (Phi) is 4.12. The maximum Gasteiger partial charge on any atom is 0.161 e. The van der Waals surface area contributed by atoms with Crippen LogP contribution in [0, 0.1) is 0 Å². The third-order valence-corrected chi connectivity index (χ3v) is 4.06. The Morgan fingerprint density at radius 3 is 2.74 bits per heavy atom. The van der Waals surface area contributed by atoms with E-state index >= 15 is 0 Å². The highest BCUT2D eigenvalue weighted by atomic mass is 79.9. The van der Waals surface area contributed by atoms with Gasteiger partial charge in [0, 0.05) is 16.9 Å². The van der Waals surface area contributed by atoms with Crippen LogP contribution in [0.4, 0.5) is 17.1 Å². The zero-order valence-electron chi connectivity index (χ0n) is 10.2. The summed E-state index contributed by atoms with van der Waals surface area (Å²) in [5, 5.41) is 3.81. The van der Waals surface area contributed by atoms with Crippen molar-refractivity contribution in [3.63, 3.8) is 0 Å². The Balaban J connectivity index is 2.36. The first-order valence-corrected chi connectivity index (χ1v) is 6.77. The number of halogens is 2. The highest BCUT2D eigenvalue weighted by Crippen LogP contribution is 2.32. The summed E-state index contributed by atoms with van der Waals surface area (Å²) < 4.78 is 0.776. The summed E-state index contributed by atoms with van der Waals surface area (Å²) in [6, 6.07) is 10.8. The van der Waals surface area contributed by atoms with Gasteiger partial charge in [0.25, 0.3) is 0 Å². The van der Waals surface area contributed by atoms with Gasteiger partial charge in [-0.25, -0.2) is 0 Å². The second-order valence-corrected chi connectivity index (χ2v) is 5.28. The van der Waals surface area contributed by atoms with E-state index in [0.29, 0.717) is 16.3 Å². The van der Waals surface area contributed by atoms with Gasteiger partial charge in [0.1, 0.15) is 0 Å². The van der Waals surface area contributed by atoms with Gasteiger partial charge in [-0.2, -0.15) is 0 Å². The second kappa shape index (κ2) is 5.63. The van der Waals surface area contributed by atoms with E-state index in [1.807, 2.05) is 18.2 Å². The van der Waals surface area contributed by atoms with Crippen LogP contribution in [-0.4, -0.2) is 5.78 Å². The quantitative estimate of drug-likeness (QED) is 0.633. The Morgan fingerprint density at radius 1 is 1.32 bits per heavy atom. The summed E-state index contributed by atoms with van der Waals surface area (Å²) in [4.78, 5) is 11.5. The Bertz CT molecular complexity index is 643. The van der Waals surface area contributed by atoms with E-state index in [4.69, 9.17) is 17.3 Å². The van der Waals surface area contributed by atoms with Gasteiger partial charge in [-0.1, -0.05) is 17.7 Å². The van der Waals surface area contributed by atoms with Crippen LogP contribution in [0.5, 0.6) is 0 Å². The number of nitrogens with one attached hydrogen (secondary N) is 1. The number of hydrogen-bond acceptors (Lipinski definition) is 3. The lowest BCUT2D eigenvalue weighted by atomic mass is 10.1. The highest BCUT2D eigenvalue weighted by Gasteiger charge is 2.08. The molecule has 0 aliphatic heterocycles. The SMILES string of the molecule is CC(=O)c1cc(Nc2cccc(Cl)c2Br)ccc1N. The first kappa shape index (κ1) is 13.9. The minimum absolute atomic E-state index is 0.0636. The third-order valence-electron chi connectivity index (χ3n) is 2.66. The van der Waals surface area contributed by atoms with Gasteiger partial charge in [-0.15, -0.1) is 0 Å². The van der Waals surface area contributed by atoms with Gasteiger partial charge in [0.15, 0.2) is 5.78 Å². The molecule has 0 bridgehead atoms. The predicted molar refractivity (Wildman–Crippen MR) is 83.3 cm³/mol. The van der Waals surface area contributed by atoms with E-state index in [-0.39, 0.29) is 5.78 Å². The molecule has 3 nitrogen and oxygen atoms in total. The molecule has 5 heteroatoms. The number of rotatable bonds is 3. The van der Waals surface area contributed by atoms with Gasteiger partial charge in [-0.3, -0.25) is 4.79 Å². The van der Waals surface area contributed by atoms with Crippen molar-refractivity contribution in [1.29, 1.82) is 0 Å². The van der Waals surface area contributed by atoms with Crippen LogP contribution < -0.4 is 11.1 Å². The molecule has 0 saturated heterocycles. The van der Waals surface area contributed by atoms with Gasteiger partial charge < -0.3 is 11.1 Å². The molecule has 98 valence electrons. The minimum Gasteiger partial charge on any atom is -0.398 e. The number of nitrogens with two attached hydrogens (primary N) is 1. The standard InChI is InChI=1S/C14H12BrClN2O/c1-8(19)10-7-9(5-6-12(10)17)18-13-4-2-3-11(16)14(13)15/h2-7,18H,17H2,1H3. The molecular formula is C14H12BrClN2O. The molecule has 3 N–H and O–H groups in total. The van der Waals surface area contributed by atoms with E-state index in [0.717, 1.165) is 15.8 Å². The number of Topliss-reactive ketones (excluding diaryl/α,β-unsaturated/α-hetero) is 1. The summed E-state index contributed by atoms with van der Waals surface area (Å²) in [6.45, 7) is 1.49. The molecule has 0 fully saturated rings. The lowest BCUT2D eigenvalue weighted by molar-refractivity contribution is 0.101. The van der Waals surface area contributed by atoms with Gasteiger partial charge >= 0.3 is 0 Å². The lowest BCUT2D eigenvalue weighted by Gasteiger charge is -2.11. The van der Waals surface area contributed by atoms with Crippen molar-refractivity contribution < 1.29 is 4.79 Å². The van der Waals surface area contributed by atoms with Crippen LogP contribution in [-0.2, 0) is 0 Å². The molecule has 19 heavy (non-hydrogen) atoms. The Labute approximate surface area is 124 Å². The molecule has 0 heterocycles. The number of carbonyl (C=O) groups is 1. The molecule has 0 unspecified atom stereocenters. The third kappa shape index (κ3) is 3.08. The maximum atomic E-state index is 11.5. The fourth-order valence-electron chi connectivity index (χ4n) is 1.69. The van der Waals surface area contributed by atoms with Gasteiger partial charge in [0.2, 0.25) is 0 Å². The monoisotopic (exact) mass is 338 g/mol. The molecule has 0 saturated carbocycles. The normalized spacial score (nSPS) is 10.3. The summed E-state index contributed by atoms with van der Waals surface area (Å²) in [5.41, 5.74) is 8.34. The van der Waals surface area contributed by atoms with Crippen molar-refractivity contribution in [1.82, 2.24) is 0 Å². The average molecular weight is 340 g/mol. The van der Waals surface area contributed by atoms with Crippen molar-refractivity contribution in [3.8, 4) is 0 Å². The van der Waals surface area contributed by atoms with E-state index < -0.39 is 0 Å². The number of benzene rings is 2. The average Bonchev–Trinajstić information content (AvgIpc) is 2.37. The first-order chi connectivity index (χ1) is 8.99. The van der Waals surface area contributed by atoms with Crippen molar-refractivity contribution in [2.75, 3.05) is 11.1 Å². The van der Waals surface area contributed by atoms with Gasteiger partial charge in [0.05, 0.1) is 15.2 Å². The zero-order chi connectivity index (χ0) is 14.0. The van der Waals surface area contributed by atoms with Crippen molar-refractivity contribution in [3.05, 3.63) is 51.5 Å². The summed E-state index contributed by atoms with van der Waals surface area (Å²) >= 11 is 9.44. The number of hydrogen-bond donors (Lipinski definition) is 2. The number of anilines is 3. The topological polar surface area (TPSA) is 55.1 Å². The molecule has 0 aliphatic rings. The summed E-state index contributed by atoms with van der Waals surface area (Å²) in [7, 11) is 0. The van der Waals surface area contributed by atoms with Crippen LogP contribution in [0.3, 0.4) is 0 Å². The molecule has 2 aromatic rings. The van der Waals surface area contributed by atoms with Crippen molar-refractivity contribution in [2.45, 2.75) is 6.92 Å². The van der Waals surface area contributed by atoms with Crippen LogP contribution in [0.15, 0.2) is 40.9 Å². The molecule has 0 aromatic heterocycles. The number of ketones is 1. The van der Waals surface area contributed by atoms with Crippen molar-refractivity contribution >= 4 is 50.4 Å². The van der Waals surface area contributed by atoms with E-state index in [2.05, 4.69) is 21.2 Å². The van der Waals surface area contributed by atoms with Crippen LogP contribution in [0.1, 0.15) is 17.3 Å². The van der Waals surface area contributed by atoms with Crippen molar-refractivity contribution in [2.24, 2.45) is 0 Å². The maximum absolute atomic E-state index is 11.5. The number of carbonyl (C=O) groups excluding carboxylic acids is 1. The molecule has 2 aromatic carbocycles. The fraction of sp³-hybridized carbons (Fsp3) is 0.0714. The fourth-order valence-corrected chi connectivity index (χ4v) is 2.23. The summed E-state index contributed by atoms with van der Waals surface area (Å²) in [5.74, 6) is -0.0636. The molecule has 0 atom stereocenters. The van der Waals surface area contributed by atoms with E-state index in [1.165, 1.54) is 6.92 Å². The molecule has 0 aliphatic carbocycles. The van der Waals surface area contributed by atoms with Crippen LogP contribution >= 0.6 is 27.5 Å². The van der Waals surface area contributed by atoms with E-state index in [9.17, 15) is 4.79 Å². The van der Waals surface area contributed by atoms with E-state index in [1.54, 1.807) is 18.2 Å². The Hall–Kier alpha value is -1.52. The Morgan fingerprint density at radius 2 is 2.05 bits per heavy atom. The largest absolute Gasteiger partial charge is 0.398 e. The van der Waals surface area contributed by atoms with Gasteiger partial charge in [-0.05, 0) is 53.2 Å². The minimum atomic E-state index is -0.0636. The van der Waals surface area contributed by atoms with Crippen LogP contribution in [0.25, 0.3) is 0 Å². The molecular weight excluding hydrogens is 328 g/mol. The molecule has 2 rings (SSSR count). The predicted octanol–water partition coefficient (Wildman–Crippen LogP) is 4.63. The number of nitrogen functional groups attached to an aromatic ring is 1.